The number of nitrogen functional groups attached to an aromatic ring is 1. The van der Waals surface area contributed by atoms with Gasteiger partial charge in [0.15, 0.2) is 0 Å². The molecule has 0 bridgehead atoms. The molecule has 0 heterocycles. The normalized spacial score (nSPS) is 10.3. The van der Waals surface area contributed by atoms with E-state index in [0.717, 1.165) is 10.6 Å². The maximum Gasteiger partial charge on any atom is 0.337 e. The van der Waals surface area contributed by atoms with Crippen LogP contribution in [0.4, 0.5) is 17.1 Å². The predicted octanol–water partition coefficient (Wildman–Crippen LogP) is 4.09. The number of hydrogen-bond acceptors (Lipinski definition) is 4. The highest BCUT2D eigenvalue weighted by atomic mass is 35.5. The smallest absolute Gasteiger partial charge is 0.337 e. The minimum absolute atomic E-state index is 0.0459. The van der Waals surface area contributed by atoms with Crippen LogP contribution in [0.15, 0.2) is 41.3 Å². The van der Waals surface area contributed by atoms with Crippen LogP contribution in [0.25, 0.3) is 0 Å². The van der Waals surface area contributed by atoms with Crippen molar-refractivity contribution in [2.24, 2.45) is 0 Å². The third kappa shape index (κ3) is 3.18. The molecule has 0 atom stereocenters. The molecule has 0 aromatic heterocycles. The molecule has 0 aliphatic carbocycles. The maximum atomic E-state index is 11.3. The summed E-state index contributed by atoms with van der Waals surface area (Å²) in [4.78, 5) is 12.3. The Morgan fingerprint density at radius 1 is 1.35 bits per heavy atom. The van der Waals surface area contributed by atoms with Gasteiger partial charge in [0.2, 0.25) is 0 Å². The number of nitrogens with two attached hydrogens (primary N) is 1. The van der Waals surface area contributed by atoms with Gasteiger partial charge >= 0.3 is 5.97 Å². The van der Waals surface area contributed by atoms with E-state index in [4.69, 9.17) is 17.3 Å². The molecule has 4 N–H and O–H groups in total. The van der Waals surface area contributed by atoms with E-state index < -0.39 is 5.97 Å². The first-order chi connectivity index (χ1) is 9.51. The number of thioether (sulfide) groups is 1. The molecule has 0 radical (unpaired) electrons. The molecule has 20 heavy (non-hydrogen) atoms. The first-order valence-electron chi connectivity index (χ1n) is 5.74. The number of carboxylic acids is 1. The van der Waals surface area contributed by atoms with Crippen LogP contribution < -0.4 is 11.1 Å². The minimum Gasteiger partial charge on any atom is -0.478 e. The summed E-state index contributed by atoms with van der Waals surface area (Å²) in [5.74, 6) is -1.08. The molecular weight excluding hydrogens is 296 g/mol. The molecule has 104 valence electrons. The largest absolute Gasteiger partial charge is 0.478 e. The second kappa shape index (κ2) is 6.07. The Balaban J connectivity index is 2.44. The second-order valence-electron chi connectivity index (χ2n) is 4.09. The van der Waals surface area contributed by atoms with Crippen LogP contribution in [0, 0.1) is 0 Å². The lowest BCUT2D eigenvalue weighted by atomic mass is 10.1. The van der Waals surface area contributed by atoms with Crippen molar-refractivity contribution in [3.05, 3.63) is 47.0 Å². The first-order valence-corrected chi connectivity index (χ1v) is 7.35. The van der Waals surface area contributed by atoms with Crippen molar-refractivity contribution in [3.8, 4) is 0 Å². The lowest BCUT2D eigenvalue weighted by Crippen LogP contribution is -2.05. The molecule has 0 fully saturated rings. The first kappa shape index (κ1) is 14.6. The van der Waals surface area contributed by atoms with Crippen molar-refractivity contribution in [1.29, 1.82) is 0 Å². The van der Waals surface area contributed by atoms with Gasteiger partial charge in [-0.3, -0.25) is 0 Å². The van der Waals surface area contributed by atoms with Gasteiger partial charge < -0.3 is 16.2 Å². The number of hydrogen-bond donors (Lipinski definition) is 3. The van der Waals surface area contributed by atoms with Gasteiger partial charge in [-0.05, 0) is 36.6 Å². The summed E-state index contributed by atoms with van der Waals surface area (Å²) in [6.45, 7) is 0. The molecule has 0 saturated heterocycles. The fourth-order valence-electron chi connectivity index (χ4n) is 1.77. The van der Waals surface area contributed by atoms with E-state index in [1.54, 1.807) is 11.8 Å². The highest BCUT2D eigenvalue weighted by molar-refractivity contribution is 7.98. The molecule has 4 nitrogen and oxygen atoms in total. The SMILES string of the molecule is CSc1cccc(Nc2c(Cl)cc(N)cc2C(=O)O)c1. The third-order valence-electron chi connectivity index (χ3n) is 2.68. The molecule has 2 aromatic carbocycles. The lowest BCUT2D eigenvalue weighted by Gasteiger charge is -2.13. The summed E-state index contributed by atoms with van der Waals surface area (Å²) in [5.41, 5.74) is 7.10. The minimum atomic E-state index is -1.08. The Labute approximate surface area is 125 Å². The zero-order valence-electron chi connectivity index (χ0n) is 10.7. The number of carbonyl (C=O) groups is 1. The zero-order chi connectivity index (χ0) is 14.7. The Kier molecular flexibility index (Phi) is 4.42. The van der Waals surface area contributed by atoms with E-state index in [1.165, 1.54) is 12.1 Å². The van der Waals surface area contributed by atoms with Crippen molar-refractivity contribution in [2.75, 3.05) is 17.3 Å². The number of carboxylic acid groups (broad SMARTS) is 1. The Bertz CT molecular complexity index is 662. The number of benzene rings is 2. The number of rotatable bonds is 4. The van der Waals surface area contributed by atoms with E-state index >= 15 is 0 Å². The Hall–Kier alpha value is -1.85. The molecule has 6 heteroatoms. The number of aromatic carboxylic acids is 1. The second-order valence-corrected chi connectivity index (χ2v) is 5.37. The van der Waals surface area contributed by atoms with Crippen molar-refractivity contribution in [2.45, 2.75) is 4.90 Å². The molecule has 0 saturated carbocycles. The highest BCUT2D eigenvalue weighted by Crippen LogP contribution is 2.32. The average Bonchev–Trinajstić information content (AvgIpc) is 2.41. The van der Waals surface area contributed by atoms with Gasteiger partial charge in [0, 0.05) is 16.3 Å². The number of nitrogens with one attached hydrogen (secondary N) is 1. The van der Waals surface area contributed by atoms with Crippen LogP contribution in [0.3, 0.4) is 0 Å². The van der Waals surface area contributed by atoms with Crippen molar-refractivity contribution in [3.63, 3.8) is 0 Å². The zero-order valence-corrected chi connectivity index (χ0v) is 12.3. The van der Waals surface area contributed by atoms with Crippen LogP contribution in [0.5, 0.6) is 0 Å². The van der Waals surface area contributed by atoms with E-state index in [1.807, 2.05) is 30.5 Å². The molecule has 0 amide bonds. The monoisotopic (exact) mass is 308 g/mol. The summed E-state index contributed by atoms with van der Waals surface area (Å²) in [6.07, 6.45) is 1.97. The Morgan fingerprint density at radius 2 is 2.10 bits per heavy atom. The maximum absolute atomic E-state index is 11.3. The van der Waals surface area contributed by atoms with Crippen molar-refractivity contribution >= 4 is 46.4 Å². The summed E-state index contributed by atoms with van der Waals surface area (Å²) in [7, 11) is 0. The van der Waals surface area contributed by atoms with Crippen LogP contribution in [0.2, 0.25) is 5.02 Å². The van der Waals surface area contributed by atoms with Crippen LogP contribution >= 0.6 is 23.4 Å². The molecule has 2 rings (SSSR count). The van der Waals surface area contributed by atoms with E-state index in [-0.39, 0.29) is 10.6 Å². The van der Waals surface area contributed by atoms with Gasteiger partial charge in [0.05, 0.1) is 16.3 Å². The van der Waals surface area contributed by atoms with Crippen molar-refractivity contribution < 1.29 is 9.90 Å². The van der Waals surface area contributed by atoms with Crippen LogP contribution in [-0.4, -0.2) is 17.3 Å². The molecular formula is C14H13ClN2O2S. The average molecular weight is 309 g/mol. The molecule has 0 aliphatic rings. The van der Waals surface area contributed by atoms with E-state index in [2.05, 4.69) is 5.32 Å². The molecule has 0 aliphatic heterocycles. The van der Waals surface area contributed by atoms with Gasteiger partial charge in [-0.25, -0.2) is 4.79 Å². The molecule has 0 spiro atoms. The predicted molar refractivity (Wildman–Crippen MR) is 84.3 cm³/mol. The van der Waals surface area contributed by atoms with Crippen LogP contribution in [0.1, 0.15) is 10.4 Å². The van der Waals surface area contributed by atoms with E-state index in [0.29, 0.717) is 11.4 Å². The van der Waals surface area contributed by atoms with Gasteiger partial charge in [0.25, 0.3) is 0 Å². The van der Waals surface area contributed by atoms with Gasteiger partial charge in [-0.2, -0.15) is 0 Å². The fraction of sp³-hybridized carbons (Fsp3) is 0.0714. The highest BCUT2D eigenvalue weighted by Gasteiger charge is 2.15. The van der Waals surface area contributed by atoms with Gasteiger partial charge in [0.1, 0.15) is 0 Å². The quantitative estimate of drug-likeness (QED) is 0.586. The summed E-state index contributed by atoms with van der Waals surface area (Å²) < 4.78 is 0. The summed E-state index contributed by atoms with van der Waals surface area (Å²) in [6, 6.07) is 10.5. The number of anilines is 3. The topological polar surface area (TPSA) is 75.3 Å². The fourth-order valence-corrected chi connectivity index (χ4v) is 2.50. The lowest BCUT2D eigenvalue weighted by molar-refractivity contribution is 0.0698. The summed E-state index contributed by atoms with van der Waals surface area (Å²) in [5, 5.41) is 12.6. The van der Waals surface area contributed by atoms with Gasteiger partial charge in [-0.1, -0.05) is 17.7 Å². The third-order valence-corrected chi connectivity index (χ3v) is 3.71. The van der Waals surface area contributed by atoms with E-state index in [9.17, 15) is 9.90 Å². The van der Waals surface area contributed by atoms with Crippen molar-refractivity contribution in [1.82, 2.24) is 0 Å². The standard InChI is InChI=1S/C14H13ClN2O2S/c1-20-10-4-2-3-9(7-10)17-13-11(14(18)19)5-8(16)6-12(13)15/h2-7,17H,16H2,1H3,(H,18,19). The summed E-state index contributed by atoms with van der Waals surface area (Å²) >= 11 is 7.69. The molecule has 2 aromatic rings. The Morgan fingerprint density at radius 3 is 2.75 bits per heavy atom. The van der Waals surface area contributed by atoms with Gasteiger partial charge in [-0.15, -0.1) is 11.8 Å². The molecule has 0 unspecified atom stereocenters. The van der Waals surface area contributed by atoms with Crippen LogP contribution in [-0.2, 0) is 0 Å². The number of halogens is 1.